The highest BCUT2D eigenvalue weighted by molar-refractivity contribution is 14.1. The van der Waals surface area contributed by atoms with E-state index in [2.05, 4.69) is 44.4 Å². The van der Waals surface area contributed by atoms with Gasteiger partial charge in [0.2, 0.25) is 0 Å². The molecule has 0 saturated carbocycles. The van der Waals surface area contributed by atoms with Gasteiger partial charge >= 0.3 is 0 Å². The van der Waals surface area contributed by atoms with Crippen molar-refractivity contribution in [2.45, 2.75) is 6.04 Å². The molecule has 4 N–H and O–H groups in total. The van der Waals surface area contributed by atoms with Gasteiger partial charge in [0, 0.05) is 11.9 Å². The Bertz CT molecular complexity index is 396. The van der Waals surface area contributed by atoms with Crippen LogP contribution in [0, 0.1) is 2.88 Å². The highest BCUT2D eigenvalue weighted by Gasteiger charge is 2.13. The van der Waals surface area contributed by atoms with Gasteiger partial charge in [-0.1, -0.05) is 0 Å². The number of hydrazine groups is 1. The number of rotatable bonds is 3. The van der Waals surface area contributed by atoms with Crippen molar-refractivity contribution in [3.05, 3.63) is 43.9 Å². The Labute approximate surface area is 99.8 Å². The van der Waals surface area contributed by atoms with Crippen LogP contribution in [0.3, 0.4) is 0 Å². The van der Waals surface area contributed by atoms with Crippen molar-refractivity contribution in [3.63, 3.8) is 0 Å². The molecule has 14 heavy (non-hydrogen) atoms. The van der Waals surface area contributed by atoms with Gasteiger partial charge in [0.05, 0.1) is 8.93 Å². The molecule has 5 heteroatoms. The minimum atomic E-state index is 0.0600. The number of aromatic nitrogens is 1. The van der Waals surface area contributed by atoms with E-state index >= 15 is 0 Å². The van der Waals surface area contributed by atoms with Gasteiger partial charge in [-0.2, -0.15) is 0 Å². The van der Waals surface area contributed by atoms with E-state index in [0.717, 1.165) is 5.69 Å². The number of thiophene rings is 1. The van der Waals surface area contributed by atoms with Crippen LogP contribution in [-0.4, -0.2) is 4.98 Å². The van der Waals surface area contributed by atoms with Crippen molar-refractivity contribution in [1.29, 1.82) is 0 Å². The van der Waals surface area contributed by atoms with E-state index in [4.69, 9.17) is 5.84 Å². The molecule has 0 saturated heterocycles. The lowest BCUT2D eigenvalue weighted by Crippen LogP contribution is -2.28. The summed E-state index contributed by atoms with van der Waals surface area (Å²) in [5.74, 6) is 5.54. The van der Waals surface area contributed by atoms with Crippen molar-refractivity contribution < 1.29 is 0 Å². The largest absolute Gasteiger partial charge is 0.363 e. The van der Waals surface area contributed by atoms with E-state index in [0.29, 0.717) is 0 Å². The monoisotopic (exact) mass is 319 g/mol. The zero-order valence-corrected chi connectivity index (χ0v) is 10.3. The van der Waals surface area contributed by atoms with Crippen LogP contribution in [0.2, 0.25) is 0 Å². The summed E-state index contributed by atoms with van der Waals surface area (Å²) in [5.41, 5.74) is 5.09. The number of nitrogens with one attached hydrogen (secondary N) is 2. The van der Waals surface area contributed by atoms with Crippen LogP contribution in [0.15, 0.2) is 29.8 Å². The van der Waals surface area contributed by atoms with E-state index < -0.39 is 0 Å². The van der Waals surface area contributed by atoms with Gasteiger partial charge in [-0.05, 0) is 51.7 Å². The van der Waals surface area contributed by atoms with Crippen LogP contribution in [-0.2, 0) is 0 Å². The highest BCUT2D eigenvalue weighted by Crippen LogP contribution is 2.25. The van der Waals surface area contributed by atoms with Gasteiger partial charge in [-0.3, -0.25) is 5.84 Å². The highest BCUT2D eigenvalue weighted by atomic mass is 127. The average molecular weight is 319 g/mol. The smallest absolute Gasteiger partial charge is 0.0867 e. The average Bonchev–Trinajstić information content (AvgIpc) is 2.79. The number of nitrogens with two attached hydrogens (primary N) is 1. The molecule has 1 atom stereocenters. The molecule has 0 amide bonds. The van der Waals surface area contributed by atoms with Crippen LogP contribution >= 0.6 is 33.9 Å². The SMILES string of the molecule is NNC(c1csc(I)c1)c1ccc[nH]1. The Kier molecular flexibility index (Phi) is 3.22. The number of hydrogen-bond acceptors (Lipinski definition) is 3. The number of aromatic amines is 1. The second kappa shape index (κ2) is 4.43. The predicted octanol–water partition coefficient (Wildman–Crippen LogP) is 2.23. The van der Waals surface area contributed by atoms with Crippen molar-refractivity contribution in [2.75, 3.05) is 0 Å². The van der Waals surface area contributed by atoms with E-state index in [1.807, 2.05) is 18.3 Å². The molecule has 0 aliphatic heterocycles. The summed E-state index contributed by atoms with van der Waals surface area (Å²) < 4.78 is 1.27. The van der Waals surface area contributed by atoms with E-state index in [1.54, 1.807) is 11.3 Å². The van der Waals surface area contributed by atoms with Gasteiger partial charge in [-0.25, -0.2) is 5.43 Å². The maximum Gasteiger partial charge on any atom is 0.0867 e. The van der Waals surface area contributed by atoms with Gasteiger partial charge in [0.1, 0.15) is 0 Å². The normalized spacial score (nSPS) is 13.0. The molecule has 74 valence electrons. The molecule has 0 spiro atoms. The van der Waals surface area contributed by atoms with Gasteiger partial charge < -0.3 is 4.98 Å². The molecule has 1 unspecified atom stereocenters. The van der Waals surface area contributed by atoms with E-state index in [1.165, 1.54) is 8.45 Å². The summed E-state index contributed by atoms with van der Waals surface area (Å²) in [4.78, 5) is 3.16. The van der Waals surface area contributed by atoms with Crippen molar-refractivity contribution in [1.82, 2.24) is 10.4 Å². The molecule has 0 bridgehead atoms. The summed E-state index contributed by atoms with van der Waals surface area (Å²) in [5, 5.41) is 2.12. The lowest BCUT2D eigenvalue weighted by atomic mass is 10.1. The lowest BCUT2D eigenvalue weighted by molar-refractivity contribution is 0.625. The fourth-order valence-electron chi connectivity index (χ4n) is 1.36. The topological polar surface area (TPSA) is 53.8 Å². The second-order valence-corrected chi connectivity index (χ2v) is 5.71. The molecular weight excluding hydrogens is 309 g/mol. The first-order chi connectivity index (χ1) is 6.81. The molecule has 0 aliphatic carbocycles. The zero-order chi connectivity index (χ0) is 9.97. The predicted molar refractivity (Wildman–Crippen MR) is 67.0 cm³/mol. The minimum absolute atomic E-state index is 0.0600. The Morgan fingerprint density at radius 3 is 2.93 bits per heavy atom. The zero-order valence-electron chi connectivity index (χ0n) is 7.33. The molecule has 2 aromatic heterocycles. The van der Waals surface area contributed by atoms with Gasteiger partial charge in [0.15, 0.2) is 0 Å². The van der Waals surface area contributed by atoms with Gasteiger partial charge in [-0.15, -0.1) is 11.3 Å². The summed E-state index contributed by atoms with van der Waals surface area (Å²) >= 11 is 4.03. The maximum absolute atomic E-state index is 5.54. The van der Waals surface area contributed by atoms with Crippen LogP contribution in [0.1, 0.15) is 17.3 Å². The molecule has 2 heterocycles. The van der Waals surface area contributed by atoms with Crippen LogP contribution < -0.4 is 11.3 Å². The fourth-order valence-corrected chi connectivity index (χ4v) is 2.76. The van der Waals surface area contributed by atoms with Crippen LogP contribution in [0.5, 0.6) is 0 Å². The third kappa shape index (κ3) is 2.00. The Balaban J connectivity index is 2.31. The standard InChI is InChI=1S/C9H10IN3S/c10-8-4-6(5-14-8)9(13-11)7-2-1-3-12-7/h1-5,9,12-13H,11H2. The number of H-pyrrole nitrogens is 1. The molecule has 0 aromatic carbocycles. The fraction of sp³-hybridized carbons (Fsp3) is 0.111. The molecule has 2 rings (SSSR count). The number of hydrogen-bond donors (Lipinski definition) is 3. The summed E-state index contributed by atoms with van der Waals surface area (Å²) in [6, 6.07) is 6.19. The lowest BCUT2D eigenvalue weighted by Gasteiger charge is -2.12. The second-order valence-electron chi connectivity index (χ2n) is 2.91. The van der Waals surface area contributed by atoms with Crippen molar-refractivity contribution >= 4 is 33.9 Å². The number of halogens is 1. The summed E-state index contributed by atoms with van der Waals surface area (Å²) in [6.45, 7) is 0. The first kappa shape index (κ1) is 10.2. The van der Waals surface area contributed by atoms with E-state index in [-0.39, 0.29) is 6.04 Å². The molecular formula is C9H10IN3S. The quantitative estimate of drug-likeness (QED) is 0.462. The van der Waals surface area contributed by atoms with Gasteiger partial charge in [0.25, 0.3) is 0 Å². The summed E-state index contributed by atoms with van der Waals surface area (Å²) in [7, 11) is 0. The first-order valence-corrected chi connectivity index (χ1v) is 6.10. The Hall–Kier alpha value is -0.370. The third-order valence-electron chi connectivity index (χ3n) is 2.02. The molecule has 0 radical (unpaired) electrons. The molecule has 0 aliphatic rings. The first-order valence-electron chi connectivity index (χ1n) is 4.14. The van der Waals surface area contributed by atoms with Crippen molar-refractivity contribution in [2.24, 2.45) is 5.84 Å². The van der Waals surface area contributed by atoms with Crippen LogP contribution in [0.4, 0.5) is 0 Å². The molecule has 2 aromatic rings. The van der Waals surface area contributed by atoms with Crippen LogP contribution in [0.25, 0.3) is 0 Å². The Morgan fingerprint density at radius 2 is 2.43 bits per heavy atom. The molecule has 0 fully saturated rings. The molecule has 3 nitrogen and oxygen atoms in total. The Morgan fingerprint density at radius 1 is 1.57 bits per heavy atom. The third-order valence-corrected chi connectivity index (χ3v) is 3.83. The summed E-state index contributed by atoms with van der Waals surface area (Å²) in [6.07, 6.45) is 1.90. The van der Waals surface area contributed by atoms with E-state index in [9.17, 15) is 0 Å². The van der Waals surface area contributed by atoms with Crippen molar-refractivity contribution in [3.8, 4) is 0 Å². The minimum Gasteiger partial charge on any atom is -0.363 e. The maximum atomic E-state index is 5.54.